The van der Waals surface area contributed by atoms with E-state index in [1.165, 1.54) is 6.07 Å². The molecule has 6 nitrogen and oxygen atoms in total. The van der Waals surface area contributed by atoms with Gasteiger partial charge in [0.25, 0.3) is 0 Å². The third-order valence-corrected chi connectivity index (χ3v) is 4.68. The number of imidazole rings is 1. The Hall–Kier alpha value is -2.36. The molecule has 30 heavy (non-hydrogen) atoms. The van der Waals surface area contributed by atoms with E-state index in [9.17, 15) is 4.39 Å². The predicted octanol–water partition coefficient (Wildman–Crippen LogP) is 4.26. The highest BCUT2D eigenvalue weighted by Gasteiger charge is 2.07. The smallest absolute Gasteiger partial charge is 0.191 e. The van der Waals surface area contributed by atoms with Gasteiger partial charge in [-0.3, -0.25) is 4.99 Å². The summed E-state index contributed by atoms with van der Waals surface area (Å²) in [4.78, 5) is 8.83. The number of aryl methyl sites for hydroxylation is 2. The Bertz CT molecular complexity index is 989. The van der Waals surface area contributed by atoms with Crippen molar-refractivity contribution in [2.24, 2.45) is 4.99 Å². The van der Waals surface area contributed by atoms with Gasteiger partial charge in [-0.1, -0.05) is 18.2 Å². The zero-order valence-corrected chi connectivity index (χ0v) is 19.9. The number of para-hydroxylation sites is 2. The SMILES string of the molecule is CCOc1ccc(CNC(=NC)NCCCn2c(C)nc3ccccc32)cc1F.I. The minimum Gasteiger partial charge on any atom is -0.491 e. The van der Waals surface area contributed by atoms with Crippen LogP contribution in [0, 0.1) is 12.7 Å². The molecule has 2 N–H and O–H groups in total. The van der Waals surface area contributed by atoms with Gasteiger partial charge in [-0.25, -0.2) is 9.37 Å². The molecule has 3 aromatic rings. The van der Waals surface area contributed by atoms with Crippen LogP contribution >= 0.6 is 24.0 Å². The van der Waals surface area contributed by atoms with Crippen molar-refractivity contribution < 1.29 is 9.13 Å². The van der Waals surface area contributed by atoms with Gasteiger partial charge >= 0.3 is 0 Å². The van der Waals surface area contributed by atoms with Gasteiger partial charge in [-0.05, 0) is 50.1 Å². The molecule has 0 atom stereocenters. The molecular weight excluding hydrogens is 496 g/mol. The van der Waals surface area contributed by atoms with Crippen molar-refractivity contribution in [2.75, 3.05) is 20.2 Å². The van der Waals surface area contributed by atoms with Crippen LogP contribution in [0.15, 0.2) is 47.5 Å². The van der Waals surface area contributed by atoms with Gasteiger partial charge in [0.15, 0.2) is 17.5 Å². The molecule has 0 saturated heterocycles. The number of rotatable bonds is 8. The van der Waals surface area contributed by atoms with Gasteiger partial charge in [0.2, 0.25) is 0 Å². The fraction of sp³-hybridized carbons (Fsp3) is 0.364. The van der Waals surface area contributed by atoms with E-state index >= 15 is 0 Å². The second-order valence-corrected chi connectivity index (χ2v) is 6.70. The molecule has 162 valence electrons. The molecule has 2 aromatic carbocycles. The summed E-state index contributed by atoms with van der Waals surface area (Å²) < 4.78 is 21.4. The zero-order valence-electron chi connectivity index (χ0n) is 17.6. The molecule has 0 unspecified atom stereocenters. The molecule has 8 heteroatoms. The van der Waals surface area contributed by atoms with Crippen LogP contribution < -0.4 is 15.4 Å². The van der Waals surface area contributed by atoms with Crippen LogP contribution in [-0.2, 0) is 13.1 Å². The molecule has 0 aliphatic rings. The van der Waals surface area contributed by atoms with E-state index in [4.69, 9.17) is 4.74 Å². The van der Waals surface area contributed by atoms with Crippen LogP contribution in [-0.4, -0.2) is 35.7 Å². The van der Waals surface area contributed by atoms with Crippen LogP contribution in [0.1, 0.15) is 24.7 Å². The van der Waals surface area contributed by atoms with Gasteiger partial charge in [-0.2, -0.15) is 0 Å². The van der Waals surface area contributed by atoms with E-state index in [-0.39, 0.29) is 35.5 Å². The Labute approximate surface area is 194 Å². The van der Waals surface area contributed by atoms with Crippen molar-refractivity contribution in [1.82, 2.24) is 20.2 Å². The highest BCUT2D eigenvalue weighted by atomic mass is 127. The number of ether oxygens (including phenoxy) is 1. The first kappa shape index (κ1) is 23.9. The van der Waals surface area contributed by atoms with Gasteiger partial charge in [-0.15, -0.1) is 24.0 Å². The number of aromatic nitrogens is 2. The number of fused-ring (bicyclic) bond motifs is 1. The molecule has 0 radical (unpaired) electrons. The average molecular weight is 525 g/mol. The molecule has 0 amide bonds. The minimum absolute atomic E-state index is 0. The summed E-state index contributed by atoms with van der Waals surface area (Å²) in [5, 5.41) is 6.51. The summed E-state index contributed by atoms with van der Waals surface area (Å²) in [6.07, 6.45) is 0.930. The first-order chi connectivity index (χ1) is 14.1. The summed E-state index contributed by atoms with van der Waals surface area (Å²) in [6, 6.07) is 13.2. The lowest BCUT2D eigenvalue weighted by Crippen LogP contribution is -2.37. The van der Waals surface area contributed by atoms with E-state index in [2.05, 4.69) is 31.2 Å². The zero-order chi connectivity index (χ0) is 20.6. The maximum Gasteiger partial charge on any atom is 0.191 e. The third-order valence-electron chi connectivity index (χ3n) is 4.68. The van der Waals surface area contributed by atoms with Crippen LogP contribution in [0.25, 0.3) is 11.0 Å². The van der Waals surface area contributed by atoms with E-state index < -0.39 is 0 Å². The molecule has 0 aliphatic heterocycles. The minimum atomic E-state index is -0.350. The molecule has 0 saturated carbocycles. The van der Waals surface area contributed by atoms with Crippen molar-refractivity contribution in [2.45, 2.75) is 33.4 Å². The molecule has 0 spiro atoms. The van der Waals surface area contributed by atoms with Gasteiger partial charge in [0, 0.05) is 26.7 Å². The van der Waals surface area contributed by atoms with E-state index in [0.717, 1.165) is 41.9 Å². The van der Waals surface area contributed by atoms with Gasteiger partial charge in [0.1, 0.15) is 5.82 Å². The van der Waals surface area contributed by atoms with Crippen LogP contribution in [0.4, 0.5) is 4.39 Å². The molecule has 0 bridgehead atoms. The van der Waals surface area contributed by atoms with Crippen molar-refractivity contribution in [3.05, 3.63) is 59.7 Å². The summed E-state index contributed by atoms with van der Waals surface area (Å²) >= 11 is 0. The number of aliphatic imine (C=N–C) groups is 1. The second kappa shape index (κ2) is 11.7. The van der Waals surface area contributed by atoms with Crippen molar-refractivity contribution in [3.63, 3.8) is 0 Å². The van der Waals surface area contributed by atoms with Crippen molar-refractivity contribution >= 4 is 41.0 Å². The van der Waals surface area contributed by atoms with Crippen molar-refractivity contribution in [1.29, 1.82) is 0 Å². The van der Waals surface area contributed by atoms with E-state index in [0.29, 0.717) is 19.1 Å². The third kappa shape index (κ3) is 6.07. The Balaban J connectivity index is 0.00000320. The fourth-order valence-corrected chi connectivity index (χ4v) is 3.26. The average Bonchev–Trinajstić information content (AvgIpc) is 3.04. The molecule has 0 fully saturated rings. The normalized spacial score (nSPS) is 11.3. The van der Waals surface area contributed by atoms with Crippen LogP contribution in [0.5, 0.6) is 5.75 Å². The number of benzene rings is 2. The number of nitrogens with one attached hydrogen (secondary N) is 2. The highest BCUT2D eigenvalue weighted by Crippen LogP contribution is 2.18. The monoisotopic (exact) mass is 525 g/mol. The standard InChI is InChI=1S/C22H28FN5O.HI/c1-4-29-21-11-10-17(14-18(21)23)15-26-22(24-3)25-12-7-13-28-16(2)27-19-8-5-6-9-20(19)28;/h5-6,8-11,14H,4,7,12-13,15H2,1-3H3,(H2,24,25,26);1H. The van der Waals surface area contributed by atoms with Crippen molar-refractivity contribution in [3.8, 4) is 5.75 Å². The molecular formula is C22H29FIN5O. The predicted molar refractivity (Wildman–Crippen MR) is 130 cm³/mol. The largest absolute Gasteiger partial charge is 0.491 e. The fourth-order valence-electron chi connectivity index (χ4n) is 3.26. The Kier molecular flexibility index (Phi) is 9.35. The Morgan fingerprint density at radius 1 is 1.20 bits per heavy atom. The topological polar surface area (TPSA) is 63.5 Å². The first-order valence-corrected chi connectivity index (χ1v) is 9.90. The highest BCUT2D eigenvalue weighted by molar-refractivity contribution is 14.0. The van der Waals surface area contributed by atoms with E-state index in [1.54, 1.807) is 13.1 Å². The number of halogens is 2. The number of hydrogen-bond acceptors (Lipinski definition) is 3. The Morgan fingerprint density at radius 3 is 2.73 bits per heavy atom. The number of nitrogens with zero attached hydrogens (tertiary/aromatic N) is 3. The summed E-state index contributed by atoms with van der Waals surface area (Å²) in [5.74, 6) is 1.64. The lowest BCUT2D eigenvalue weighted by Gasteiger charge is -2.13. The summed E-state index contributed by atoms with van der Waals surface area (Å²) in [5.41, 5.74) is 3.01. The second-order valence-electron chi connectivity index (χ2n) is 6.70. The lowest BCUT2D eigenvalue weighted by molar-refractivity contribution is 0.321. The number of guanidine groups is 1. The number of hydrogen-bond donors (Lipinski definition) is 2. The van der Waals surface area contributed by atoms with Crippen LogP contribution in [0.2, 0.25) is 0 Å². The molecule has 3 rings (SSSR count). The van der Waals surface area contributed by atoms with Crippen LogP contribution in [0.3, 0.4) is 0 Å². The first-order valence-electron chi connectivity index (χ1n) is 9.90. The van der Waals surface area contributed by atoms with E-state index in [1.807, 2.05) is 38.1 Å². The Morgan fingerprint density at radius 2 is 2.00 bits per heavy atom. The molecule has 0 aliphatic carbocycles. The van der Waals surface area contributed by atoms with Gasteiger partial charge < -0.3 is 19.9 Å². The molecule has 1 aromatic heterocycles. The quantitative estimate of drug-likeness (QED) is 0.200. The maximum absolute atomic E-state index is 14.0. The maximum atomic E-state index is 14.0. The summed E-state index contributed by atoms with van der Waals surface area (Å²) in [6.45, 7) is 6.43. The lowest BCUT2D eigenvalue weighted by atomic mass is 10.2. The summed E-state index contributed by atoms with van der Waals surface area (Å²) in [7, 11) is 1.72. The molecule has 1 heterocycles. The van der Waals surface area contributed by atoms with Gasteiger partial charge in [0.05, 0.1) is 17.6 Å².